The van der Waals surface area contributed by atoms with Crippen molar-refractivity contribution < 1.29 is 0 Å². The van der Waals surface area contributed by atoms with Crippen LogP contribution in [0.5, 0.6) is 0 Å². The smallest absolute Gasteiger partial charge is 0.159 e. The van der Waals surface area contributed by atoms with Crippen LogP contribution >= 0.6 is 15.9 Å². The van der Waals surface area contributed by atoms with E-state index in [1.165, 1.54) is 12.8 Å². The molecule has 5 heteroatoms. The Morgan fingerprint density at radius 3 is 3.00 bits per heavy atom. The predicted octanol–water partition coefficient (Wildman–Crippen LogP) is 1.74. The normalized spacial score (nSPS) is 17.9. The van der Waals surface area contributed by atoms with Gasteiger partial charge in [-0.3, -0.25) is 0 Å². The largest absolute Gasteiger partial charge is 0.319 e. The fourth-order valence-corrected chi connectivity index (χ4v) is 2.38. The SMILES string of the molecule is CNCC1(c2nc3ccc(Br)cn3n2)CC1. The zero-order valence-corrected chi connectivity index (χ0v) is 10.7. The Balaban J connectivity index is 2.05. The third kappa shape index (κ3) is 1.55. The van der Waals surface area contributed by atoms with Gasteiger partial charge in [-0.1, -0.05) is 0 Å². The van der Waals surface area contributed by atoms with Gasteiger partial charge in [0, 0.05) is 22.6 Å². The highest BCUT2D eigenvalue weighted by molar-refractivity contribution is 9.10. The van der Waals surface area contributed by atoms with Crippen molar-refractivity contribution in [2.24, 2.45) is 0 Å². The highest BCUT2D eigenvalue weighted by Gasteiger charge is 2.47. The van der Waals surface area contributed by atoms with Gasteiger partial charge in [0.1, 0.15) is 0 Å². The highest BCUT2D eigenvalue weighted by Crippen LogP contribution is 2.46. The van der Waals surface area contributed by atoms with E-state index in [9.17, 15) is 0 Å². The maximum absolute atomic E-state index is 4.60. The zero-order valence-electron chi connectivity index (χ0n) is 9.07. The van der Waals surface area contributed by atoms with Crippen molar-refractivity contribution >= 4 is 21.6 Å². The van der Waals surface area contributed by atoms with E-state index >= 15 is 0 Å². The topological polar surface area (TPSA) is 42.2 Å². The molecule has 0 radical (unpaired) electrons. The van der Waals surface area contributed by atoms with Gasteiger partial charge in [-0.15, -0.1) is 0 Å². The van der Waals surface area contributed by atoms with E-state index in [-0.39, 0.29) is 5.41 Å². The van der Waals surface area contributed by atoms with Crippen molar-refractivity contribution in [1.82, 2.24) is 19.9 Å². The lowest BCUT2D eigenvalue weighted by molar-refractivity contribution is 0.587. The molecule has 1 N–H and O–H groups in total. The molecular formula is C11H13BrN4. The van der Waals surface area contributed by atoms with Gasteiger partial charge >= 0.3 is 0 Å². The van der Waals surface area contributed by atoms with Crippen LogP contribution in [0.25, 0.3) is 5.65 Å². The molecule has 0 aromatic carbocycles. The summed E-state index contributed by atoms with van der Waals surface area (Å²) in [4.78, 5) is 4.60. The van der Waals surface area contributed by atoms with Gasteiger partial charge in [0.25, 0.3) is 0 Å². The molecule has 1 saturated carbocycles. The van der Waals surface area contributed by atoms with E-state index in [4.69, 9.17) is 0 Å². The molecule has 0 saturated heterocycles. The fourth-order valence-electron chi connectivity index (χ4n) is 2.05. The molecule has 1 fully saturated rings. The molecule has 84 valence electrons. The molecule has 16 heavy (non-hydrogen) atoms. The molecule has 1 aliphatic carbocycles. The van der Waals surface area contributed by atoms with Crippen LogP contribution in [0.4, 0.5) is 0 Å². The number of likely N-dealkylation sites (N-methyl/N-ethyl adjacent to an activating group) is 1. The molecule has 1 aliphatic rings. The van der Waals surface area contributed by atoms with Crippen LogP contribution in [0.3, 0.4) is 0 Å². The maximum atomic E-state index is 4.60. The van der Waals surface area contributed by atoms with Crippen molar-refractivity contribution in [2.75, 3.05) is 13.6 Å². The standard InChI is InChI=1S/C11H13BrN4/c1-13-7-11(4-5-11)10-14-9-3-2-8(12)6-16(9)15-10/h2-3,6,13H,4-5,7H2,1H3. The Labute approximate surface area is 102 Å². The summed E-state index contributed by atoms with van der Waals surface area (Å²) in [5.41, 5.74) is 1.10. The molecule has 3 rings (SSSR count). The van der Waals surface area contributed by atoms with Gasteiger partial charge in [-0.2, -0.15) is 5.10 Å². The summed E-state index contributed by atoms with van der Waals surface area (Å²) in [7, 11) is 1.98. The Morgan fingerprint density at radius 2 is 2.31 bits per heavy atom. The minimum atomic E-state index is 0.188. The van der Waals surface area contributed by atoms with Gasteiger partial charge < -0.3 is 5.32 Å². The summed E-state index contributed by atoms with van der Waals surface area (Å²) in [6.45, 7) is 0.963. The summed E-state index contributed by atoms with van der Waals surface area (Å²) >= 11 is 3.44. The monoisotopic (exact) mass is 280 g/mol. The van der Waals surface area contributed by atoms with Crippen molar-refractivity contribution in [3.05, 3.63) is 28.6 Å². The molecule has 0 unspecified atom stereocenters. The number of hydrogen-bond acceptors (Lipinski definition) is 3. The van der Waals surface area contributed by atoms with Gasteiger partial charge in [0.15, 0.2) is 11.5 Å². The maximum Gasteiger partial charge on any atom is 0.159 e. The van der Waals surface area contributed by atoms with Crippen molar-refractivity contribution in [3.8, 4) is 0 Å². The molecular weight excluding hydrogens is 268 g/mol. The van der Waals surface area contributed by atoms with E-state index in [0.29, 0.717) is 0 Å². The second-order valence-electron chi connectivity index (χ2n) is 4.40. The first-order chi connectivity index (χ1) is 7.73. The van der Waals surface area contributed by atoms with Gasteiger partial charge in [0.05, 0.1) is 0 Å². The van der Waals surface area contributed by atoms with Crippen LogP contribution in [0, 0.1) is 0 Å². The second-order valence-corrected chi connectivity index (χ2v) is 5.31. The molecule has 2 aromatic heterocycles. The van der Waals surface area contributed by atoms with Crippen molar-refractivity contribution in [2.45, 2.75) is 18.3 Å². The Kier molecular flexibility index (Phi) is 2.26. The summed E-state index contributed by atoms with van der Waals surface area (Å²) in [5, 5.41) is 7.79. The first-order valence-electron chi connectivity index (χ1n) is 5.41. The van der Waals surface area contributed by atoms with Crippen molar-refractivity contribution in [1.29, 1.82) is 0 Å². The molecule has 0 aliphatic heterocycles. The van der Waals surface area contributed by atoms with E-state index in [0.717, 1.165) is 22.5 Å². The third-order valence-corrected chi connectivity index (χ3v) is 3.61. The lowest BCUT2D eigenvalue weighted by atomic mass is 10.1. The minimum Gasteiger partial charge on any atom is -0.319 e. The van der Waals surface area contributed by atoms with E-state index < -0.39 is 0 Å². The first kappa shape index (κ1) is 10.2. The van der Waals surface area contributed by atoms with Crippen LogP contribution < -0.4 is 5.32 Å². The lowest BCUT2D eigenvalue weighted by Gasteiger charge is -2.08. The quantitative estimate of drug-likeness (QED) is 0.932. The van der Waals surface area contributed by atoms with Gasteiger partial charge in [0.2, 0.25) is 0 Å². The van der Waals surface area contributed by atoms with Gasteiger partial charge in [-0.25, -0.2) is 9.50 Å². The predicted molar refractivity (Wildman–Crippen MR) is 65.5 cm³/mol. The average Bonchev–Trinajstić information content (AvgIpc) is 2.91. The molecule has 0 spiro atoms. The summed E-state index contributed by atoms with van der Waals surface area (Å²) in [5.74, 6) is 0.972. The molecule has 0 bridgehead atoms. The van der Waals surface area contributed by atoms with E-state index in [1.807, 2.05) is 29.9 Å². The number of fused-ring (bicyclic) bond motifs is 1. The Bertz CT molecular complexity index is 530. The number of halogens is 1. The van der Waals surface area contributed by atoms with Crippen LogP contribution in [0.2, 0.25) is 0 Å². The van der Waals surface area contributed by atoms with Crippen LogP contribution in [-0.2, 0) is 5.41 Å². The molecule has 2 heterocycles. The highest BCUT2D eigenvalue weighted by atomic mass is 79.9. The summed E-state index contributed by atoms with van der Waals surface area (Å²) in [6.07, 6.45) is 4.32. The number of hydrogen-bond donors (Lipinski definition) is 1. The van der Waals surface area contributed by atoms with Crippen LogP contribution in [0.1, 0.15) is 18.7 Å². The van der Waals surface area contributed by atoms with Crippen LogP contribution in [-0.4, -0.2) is 28.2 Å². The molecule has 0 atom stereocenters. The minimum absolute atomic E-state index is 0.188. The molecule has 4 nitrogen and oxygen atoms in total. The summed E-state index contributed by atoms with van der Waals surface area (Å²) in [6, 6.07) is 3.97. The number of aromatic nitrogens is 3. The van der Waals surface area contributed by atoms with Crippen molar-refractivity contribution in [3.63, 3.8) is 0 Å². The first-order valence-corrected chi connectivity index (χ1v) is 6.20. The number of rotatable bonds is 3. The number of pyridine rings is 1. The molecule has 0 amide bonds. The average molecular weight is 281 g/mol. The number of nitrogens with zero attached hydrogens (tertiary/aromatic N) is 3. The zero-order chi connectivity index (χ0) is 11.2. The third-order valence-electron chi connectivity index (χ3n) is 3.14. The Morgan fingerprint density at radius 1 is 1.50 bits per heavy atom. The lowest BCUT2D eigenvalue weighted by Crippen LogP contribution is -2.24. The number of nitrogens with one attached hydrogen (secondary N) is 1. The molecule has 2 aromatic rings. The Hall–Kier alpha value is -0.940. The fraction of sp³-hybridized carbons (Fsp3) is 0.455. The summed E-state index contributed by atoms with van der Waals surface area (Å²) < 4.78 is 2.87. The second kappa shape index (κ2) is 3.53. The van der Waals surface area contributed by atoms with E-state index in [2.05, 4.69) is 31.3 Å². The van der Waals surface area contributed by atoms with Gasteiger partial charge in [-0.05, 0) is 48.0 Å². The van der Waals surface area contributed by atoms with E-state index in [1.54, 1.807) is 0 Å². The van der Waals surface area contributed by atoms with Crippen LogP contribution in [0.15, 0.2) is 22.8 Å².